The number of nitrogen functional groups attached to an aromatic ring is 1. The van der Waals surface area contributed by atoms with Gasteiger partial charge in [0, 0.05) is 26.8 Å². The quantitative estimate of drug-likeness (QED) is 0.607. The number of nitrogens with one attached hydrogen (secondary N) is 1. The number of hydrogen-bond donors (Lipinski definition) is 2. The van der Waals surface area contributed by atoms with E-state index >= 15 is 0 Å². The molecule has 0 unspecified atom stereocenters. The molecule has 0 fully saturated rings. The average molecular weight is 265 g/mol. The molecule has 0 aliphatic rings. The van der Waals surface area contributed by atoms with E-state index in [1.807, 2.05) is 5.43 Å². The van der Waals surface area contributed by atoms with Crippen molar-refractivity contribution in [3.05, 3.63) is 11.8 Å². The van der Waals surface area contributed by atoms with Crippen LogP contribution in [-0.4, -0.2) is 37.3 Å². The number of anilines is 2. The molecule has 0 aliphatic heterocycles. The van der Waals surface area contributed by atoms with E-state index in [2.05, 4.69) is 9.97 Å². The molecule has 0 bridgehead atoms. The highest BCUT2D eigenvalue weighted by molar-refractivity contribution is 5.44. The van der Waals surface area contributed by atoms with Crippen molar-refractivity contribution < 1.29 is 17.9 Å². The largest absolute Gasteiger partial charge is 0.433 e. The van der Waals surface area contributed by atoms with Crippen LogP contribution in [-0.2, 0) is 10.9 Å². The maximum atomic E-state index is 12.6. The Morgan fingerprint density at radius 3 is 2.61 bits per heavy atom. The lowest BCUT2D eigenvalue weighted by Gasteiger charge is -2.19. The SMILES string of the molecule is COCCN(C)c1cc(C(F)(F)F)nc(NN)n1. The molecule has 9 heteroatoms. The Bertz CT molecular complexity index is 398. The summed E-state index contributed by atoms with van der Waals surface area (Å²) >= 11 is 0. The van der Waals surface area contributed by atoms with Crippen molar-refractivity contribution in [1.82, 2.24) is 9.97 Å². The second-order valence-electron chi connectivity index (χ2n) is 3.49. The third-order valence-electron chi connectivity index (χ3n) is 2.15. The van der Waals surface area contributed by atoms with Crippen LogP contribution in [0.25, 0.3) is 0 Å². The van der Waals surface area contributed by atoms with E-state index in [9.17, 15) is 13.2 Å². The third kappa shape index (κ3) is 3.70. The Kier molecular flexibility index (Phi) is 4.68. The van der Waals surface area contributed by atoms with Crippen molar-refractivity contribution >= 4 is 11.8 Å². The Hall–Kier alpha value is -1.61. The van der Waals surface area contributed by atoms with Crippen LogP contribution in [0.5, 0.6) is 0 Å². The number of likely N-dealkylation sites (N-methyl/N-ethyl adjacent to an activating group) is 1. The molecule has 3 N–H and O–H groups in total. The Morgan fingerprint density at radius 2 is 2.11 bits per heavy atom. The molecule has 0 radical (unpaired) electrons. The summed E-state index contributed by atoms with van der Waals surface area (Å²) in [5.74, 6) is 4.87. The zero-order valence-corrected chi connectivity index (χ0v) is 9.95. The molecule has 0 aliphatic carbocycles. The fraction of sp³-hybridized carbons (Fsp3) is 0.556. The standard InChI is InChI=1S/C9H14F3N5O/c1-17(3-4-18-2)7-5-6(9(10,11)12)14-8(15-7)16-13/h5H,3-4,13H2,1-2H3,(H,14,15,16). The van der Waals surface area contributed by atoms with Crippen molar-refractivity contribution in [2.45, 2.75) is 6.18 Å². The maximum Gasteiger partial charge on any atom is 0.433 e. The van der Waals surface area contributed by atoms with Crippen molar-refractivity contribution in [3.63, 3.8) is 0 Å². The van der Waals surface area contributed by atoms with E-state index < -0.39 is 11.9 Å². The molecule has 102 valence electrons. The van der Waals surface area contributed by atoms with Gasteiger partial charge in [-0.3, -0.25) is 5.43 Å². The number of aromatic nitrogens is 2. The molecular formula is C9H14F3N5O. The van der Waals surface area contributed by atoms with E-state index in [1.165, 1.54) is 12.0 Å². The molecule has 1 heterocycles. The topological polar surface area (TPSA) is 76.3 Å². The summed E-state index contributed by atoms with van der Waals surface area (Å²) in [7, 11) is 3.10. The number of nitrogens with two attached hydrogens (primary N) is 1. The summed E-state index contributed by atoms with van der Waals surface area (Å²) in [6.45, 7) is 0.766. The smallest absolute Gasteiger partial charge is 0.383 e. The van der Waals surface area contributed by atoms with Gasteiger partial charge in [-0.1, -0.05) is 0 Å². The second-order valence-corrected chi connectivity index (χ2v) is 3.49. The van der Waals surface area contributed by atoms with E-state index in [0.717, 1.165) is 6.07 Å². The first kappa shape index (κ1) is 14.5. The van der Waals surface area contributed by atoms with Gasteiger partial charge in [-0.15, -0.1) is 0 Å². The van der Waals surface area contributed by atoms with Gasteiger partial charge in [0.15, 0.2) is 5.69 Å². The molecule has 18 heavy (non-hydrogen) atoms. The van der Waals surface area contributed by atoms with Crippen LogP contribution in [0.1, 0.15) is 5.69 Å². The molecule has 0 amide bonds. The van der Waals surface area contributed by atoms with Crippen molar-refractivity contribution in [3.8, 4) is 0 Å². The molecule has 6 nitrogen and oxygen atoms in total. The number of ether oxygens (including phenoxy) is 1. The predicted molar refractivity (Wildman–Crippen MR) is 60.0 cm³/mol. The lowest BCUT2D eigenvalue weighted by Crippen LogP contribution is -2.25. The number of hydrazine groups is 1. The second kappa shape index (κ2) is 5.83. The Morgan fingerprint density at radius 1 is 1.44 bits per heavy atom. The molecule has 1 aromatic rings. The maximum absolute atomic E-state index is 12.6. The number of halogens is 3. The molecule has 1 rings (SSSR count). The number of methoxy groups -OCH3 is 1. The summed E-state index contributed by atoms with van der Waals surface area (Å²) in [5.41, 5.74) is 0.959. The van der Waals surface area contributed by atoms with Gasteiger partial charge in [-0.05, 0) is 0 Å². The number of hydrogen-bond acceptors (Lipinski definition) is 6. The lowest BCUT2D eigenvalue weighted by molar-refractivity contribution is -0.141. The Balaban J connectivity index is 3.04. The number of rotatable bonds is 5. The van der Waals surface area contributed by atoms with Crippen molar-refractivity contribution in [2.24, 2.45) is 5.84 Å². The van der Waals surface area contributed by atoms with E-state index in [4.69, 9.17) is 10.6 Å². The molecule has 0 spiro atoms. The summed E-state index contributed by atoms with van der Waals surface area (Å²) < 4.78 is 42.6. The van der Waals surface area contributed by atoms with Gasteiger partial charge in [0.2, 0.25) is 5.95 Å². The normalized spacial score (nSPS) is 11.4. The molecule has 0 saturated heterocycles. The average Bonchev–Trinajstić information content (AvgIpc) is 2.34. The third-order valence-corrected chi connectivity index (χ3v) is 2.15. The van der Waals surface area contributed by atoms with E-state index in [-0.39, 0.29) is 11.8 Å². The first-order valence-corrected chi connectivity index (χ1v) is 5.01. The zero-order chi connectivity index (χ0) is 13.8. The molecule has 0 saturated carbocycles. The van der Waals surface area contributed by atoms with Crippen LogP contribution in [0.2, 0.25) is 0 Å². The lowest BCUT2D eigenvalue weighted by atomic mass is 10.3. The predicted octanol–water partition coefficient (Wildman–Crippen LogP) is 0.864. The highest BCUT2D eigenvalue weighted by Crippen LogP contribution is 2.30. The zero-order valence-electron chi connectivity index (χ0n) is 9.95. The minimum atomic E-state index is -4.55. The molecular weight excluding hydrogens is 251 g/mol. The minimum absolute atomic E-state index is 0.113. The van der Waals surface area contributed by atoms with Crippen molar-refractivity contribution in [1.29, 1.82) is 0 Å². The van der Waals surface area contributed by atoms with Crippen LogP contribution in [0.15, 0.2) is 6.07 Å². The van der Waals surface area contributed by atoms with Crippen molar-refractivity contribution in [2.75, 3.05) is 37.6 Å². The molecule has 1 aromatic heterocycles. The first-order chi connectivity index (χ1) is 8.38. The van der Waals surface area contributed by atoms with Crippen LogP contribution in [0.4, 0.5) is 24.9 Å². The van der Waals surface area contributed by atoms with Crippen LogP contribution >= 0.6 is 0 Å². The molecule has 0 aromatic carbocycles. The van der Waals surface area contributed by atoms with Crippen LogP contribution in [0, 0.1) is 0 Å². The first-order valence-electron chi connectivity index (χ1n) is 5.01. The summed E-state index contributed by atoms with van der Waals surface area (Å²) in [6.07, 6.45) is -4.55. The highest BCUT2D eigenvalue weighted by Gasteiger charge is 2.34. The molecule has 0 atom stereocenters. The number of alkyl halides is 3. The highest BCUT2D eigenvalue weighted by atomic mass is 19.4. The van der Waals surface area contributed by atoms with E-state index in [0.29, 0.717) is 13.2 Å². The van der Waals surface area contributed by atoms with Gasteiger partial charge in [-0.25, -0.2) is 10.8 Å². The van der Waals surface area contributed by atoms with Gasteiger partial charge in [0.05, 0.1) is 6.61 Å². The van der Waals surface area contributed by atoms with E-state index in [1.54, 1.807) is 7.05 Å². The van der Waals surface area contributed by atoms with Crippen LogP contribution < -0.4 is 16.2 Å². The summed E-state index contributed by atoms with van der Waals surface area (Å²) in [4.78, 5) is 8.61. The fourth-order valence-corrected chi connectivity index (χ4v) is 1.18. The van der Waals surface area contributed by atoms with Gasteiger partial charge >= 0.3 is 6.18 Å². The monoisotopic (exact) mass is 265 g/mol. The van der Waals surface area contributed by atoms with Gasteiger partial charge in [0.1, 0.15) is 5.82 Å². The van der Waals surface area contributed by atoms with Crippen LogP contribution in [0.3, 0.4) is 0 Å². The van der Waals surface area contributed by atoms with Gasteiger partial charge < -0.3 is 9.64 Å². The summed E-state index contributed by atoms with van der Waals surface area (Å²) in [5, 5.41) is 0. The number of nitrogens with zero attached hydrogens (tertiary/aromatic N) is 3. The fourth-order valence-electron chi connectivity index (χ4n) is 1.18. The van der Waals surface area contributed by atoms with Gasteiger partial charge in [-0.2, -0.15) is 18.2 Å². The summed E-state index contributed by atoms with van der Waals surface area (Å²) in [6, 6.07) is 0.858. The Labute approximate surface area is 102 Å². The van der Waals surface area contributed by atoms with Gasteiger partial charge in [0.25, 0.3) is 0 Å². The minimum Gasteiger partial charge on any atom is -0.383 e.